The van der Waals surface area contributed by atoms with Crippen molar-refractivity contribution in [2.75, 3.05) is 13.1 Å². The van der Waals surface area contributed by atoms with Crippen molar-refractivity contribution in [3.63, 3.8) is 0 Å². The van der Waals surface area contributed by atoms with Crippen LogP contribution in [0.1, 0.15) is 35.4 Å². The van der Waals surface area contributed by atoms with Crippen molar-refractivity contribution in [3.8, 4) is 5.69 Å². The molecule has 0 radical (unpaired) electrons. The zero-order valence-corrected chi connectivity index (χ0v) is 14.2. The number of rotatable bonds is 3. The van der Waals surface area contributed by atoms with Crippen LogP contribution in [0.25, 0.3) is 11.8 Å². The average molecular weight is 308 g/mol. The van der Waals surface area contributed by atoms with Crippen LogP contribution in [0.3, 0.4) is 0 Å². The fraction of sp³-hybridized carbons (Fsp3) is 0.350. The van der Waals surface area contributed by atoms with Crippen molar-refractivity contribution in [3.05, 3.63) is 58.9 Å². The topological polar surface area (TPSA) is 25.2 Å². The van der Waals surface area contributed by atoms with Crippen molar-refractivity contribution >= 4 is 12.0 Å². The van der Waals surface area contributed by atoms with E-state index >= 15 is 0 Å². The van der Waals surface area contributed by atoms with Crippen LogP contribution in [0, 0.1) is 20.8 Å². The van der Waals surface area contributed by atoms with Gasteiger partial charge in [-0.25, -0.2) is 0 Å². The minimum atomic E-state index is 0.127. The summed E-state index contributed by atoms with van der Waals surface area (Å²) in [6.45, 7) is 8.09. The second-order valence-electron chi connectivity index (χ2n) is 6.36. The highest BCUT2D eigenvalue weighted by molar-refractivity contribution is 5.92. The van der Waals surface area contributed by atoms with E-state index in [1.165, 1.54) is 11.3 Å². The number of carbonyl (C=O) groups is 1. The molecule has 2 heterocycles. The lowest BCUT2D eigenvalue weighted by atomic mass is 10.2. The third kappa shape index (κ3) is 3.24. The van der Waals surface area contributed by atoms with Gasteiger partial charge in [-0.2, -0.15) is 0 Å². The molecule has 1 aromatic heterocycles. The molecule has 0 unspecified atom stereocenters. The Morgan fingerprint density at radius 1 is 1.04 bits per heavy atom. The molecule has 1 saturated heterocycles. The molecule has 0 spiro atoms. The summed E-state index contributed by atoms with van der Waals surface area (Å²) in [6, 6.07) is 10.7. The van der Waals surface area contributed by atoms with Gasteiger partial charge in [0.05, 0.1) is 0 Å². The molecule has 0 bridgehead atoms. The molecule has 3 heteroatoms. The van der Waals surface area contributed by atoms with E-state index in [1.54, 1.807) is 6.08 Å². The molecule has 120 valence electrons. The van der Waals surface area contributed by atoms with Crippen molar-refractivity contribution < 1.29 is 4.79 Å². The van der Waals surface area contributed by atoms with Gasteiger partial charge in [0.15, 0.2) is 0 Å². The first kappa shape index (κ1) is 15.6. The van der Waals surface area contributed by atoms with E-state index in [-0.39, 0.29) is 5.91 Å². The molecule has 1 fully saturated rings. The second-order valence-corrected chi connectivity index (χ2v) is 6.36. The first-order valence-electron chi connectivity index (χ1n) is 8.29. The summed E-state index contributed by atoms with van der Waals surface area (Å²) in [7, 11) is 0. The molecule has 2 aromatic rings. The maximum atomic E-state index is 12.2. The Bertz CT molecular complexity index is 732. The Kier molecular flexibility index (Phi) is 4.37. The Morgan fingerprint density at radius 2 is 1.70 bits per heavy atom. The maximum Gasteiger partial charge on any atom is 0.246 e. The predicted molar refractivity (Wildman–Crippen MR) is 94.8 cm³/mol. The number of hydrogen-bond acceptors (Lipinski definition) is 1. The van der Waals surface area contributed by atoms with E-state index in [1.807, 2.05) is 11.0 Å². The van der Waals surface area contributed by atoms with Crippen LogP contribution >= 0.6 is 0 Å². The summed E-state index contributed by atoms with van der Waals surface area (Å²) in [5, 5.41) is 0. The van der Waals surface area contributed by atoms with Crippen molar-refractivity contribution in [2.45, 2.75) is 33.6 Å². The predicted octanol–water partition coefficient (Wildman–Crippen LogP) is 4.04. The van der Waals surface area contributed by atoms with Crippen LogP contribution in [0.15, 0.2) is 36.4 Å². The molecule has 0 saturated carbocycles. The highest BCUT2D eigenvalue weighted by atomic mass is 16.2. The van der Waals surface area contributed by atoms with Crippen LogP contribution in [0.4, 0.5) is 0 Å². The van der Waals surface area contributed by atoms with Gasteiger partial charge < -0.3 is 9.47 Å². The Labute approximate surface area is 138 Å². The molecule has 3 nitrogen and oxygen atoms in total. The van der Waals surface area contributed by atoms with E-state index in [4.69, 9.17) is 0 Å². The number of carbonyl (C=O) groups excluding carboxylic acids is 1. The van der Waals surface area contributed by atoms with Crippen molar-refractivity contribution in [1.82, 2.24) is 9.47 Å². The highest BCUT2D eigenvalue weighted by Crippen LogP contribution is 2.22. The zero-order chi connectivity index (χ0) is 16.4. The number of nitrogens with zero attached hydrogens (tertiary/aromatic N) is 2. The van der Waals surface area contributed by atoms with Crippen LogP contribution < -0.4 is 0 Å². The number of hydrogen-bond donors (Lipinski definition) is 0. The summed E-state index contributed by atoms with van der Waals surface area (Å²) < 4.78 is 2.24. The number of benzene rings is 1. The Hall–Kier alpha value is -2.29. The summed E-state index contributed by atoms with van der Waals surface area (Å²) in [5.41, 5.74) is 5.87. The van der Waals surface area contributed by atoms with Gasteiger partial charge >= 0.3 is 0 Å². The fourth-order valence-corrected chi connectivity index (χ4v) is 3.25. The van der Waals surface area contributed by atoms with Gasteiger partial charge in [0.1, 0.15) is 0 Å². The van der Waals surface area contributed by atoms with E-state index in [0.29, 0.717) is 0 Å². The molecule has 1 amide bonds. The van der Waals surface area contributed by atoms with Crippen LogP contribution in [0.5, 0.6) is 0 Å². The molecule has 1 aromatic carbocycles. The van der Waals surface area contributed by atoms with Gasteiger partial charge in [-0.1, -0.05) is 17.7 Å². The van der Waals surface area contributed by atoms with Gasteiger partial charge in [0.2, 0.25) is 5.91 Å². The lowest BCUT2D eigenvalue weighted by molar-refractivity contribution is -0.124. The first-order valence-corrected chi connectivity index (χ1v) is 8.29. The average Bonchev–Trinajstić information content (AvgIpc) is 3.15. The molecule has 1 aliphatic heterocycles. The van der Waals surface area contributed by atoms with Gasteiger partial charge in [0, 0.05) is 36.2 Å². The molecule has 1 aliphatic rings. The van der Waals surface area contributed by atoms with Gasteiger partial charge in [0.25, 0.3) is 0 Å². The molecule has 0 N–H and O–H groups in total. The first-order chi connectivity index (χ1) is 11.1. The lowest BCUT2D eigenvalue weighted by Crippen LogP contribution is -2.25. The monoisotopic (exact) mass is 308 g/mol. The van der Waals surface area contributed by atoms with Gasteiger partial charge in [-0.15, -0.1) is 0 Å². The normalized spacial score (nSPS) is 14.8. The van der Waals surface area contributed by atoms with E-state index in [9.17, 15) is 4.79 Å². The lowest BCUT2D eigenvalue weighted by Gasteiger charge is -2.12. The molecular weight excluding hydrogens is 284 g/mol. The summed E-state index contributed by atoms with van der Waals surface area (Å²) in [5.74, 6) is 0.127. The smallest absolute Gasteiger partial charge is 0.246 e. The van der Waals surface area contributed by atoms with E-state index in [0.717, 1.165) is 42.9 Å². The summed E-state index contributed by atoms with van der Waals surface area (Å²) in [4.78, 5) is 14.1. The fourth-order valence-electron chi connectivity index (χ4n) is 3.25. The SMILES string of the molecule is Cc1ccc(-n2c(C)cc(/C=C/C(=O)N3CCCC3)c2C)cc1. The molecule has 23 heavy (non-hydrogen) atoms. The third-order valence-corrected chi connectivity index (χ3v) is 4.59. The van der Waals surface area contributed by atoms with Crippen LogP contribution in [-0.4, -0.2) is 28.5 Å². The molecule has 3 rings (SSSR count). The van der Waals surface area contributed by atoms with Crippen molar-refractivity contribution in [2.24, 2.45) is 0 Å². The minimum Gasteiger partial charge on any atom is -0.339 e. The largest absolute Gasteiger partial charge is 0.339 e. The Morgan fingerprint density at radius 3 is 2.35 bits per heavy atom. The second kappa shape index (κ2) is 6.45. The standard InChI is InChI=1S/C20H24N2O/c1-15-6-9-19(10-7-15)22-16(2)14-18(17(22)3)8-11-20(23)21-12-4-5-13-21/h6-11,14H,4-5,12-13H2,1-3H3/b11-8+. The number of aromatic nitrogens is 1. The maximum absolute atomic E-state index is 12.2. The summed E-state index contributed by atoms with van der Waals surface area (Å²) >= 11 is 0. The van der Waals surface area contributed by atoms with E-state index in [2.05, 4.69) is 55.7 Å². The Balaban J connectivity index is 1.85. The highest BCUT2D eigenvalue weighted by Gasteiger charge is 2.15. The summed E-state index contributed by atoms with van der Waals surface area (Å²) in [6.07, 6.45) is 5.92. The number of aryl methyl sites for hydroxylation is 2. The molecule has 0 atom stereocenters. The van der Waals surface area contributed by atoms with Gasteiger partial charge in [-0.05, 0) is 63.5 Å². The van der Waals surface area contributed by atoms with Crippen LogP contribution in [-0.2, 0) is 4.79 Å². The zero-order valence-electron chi connectivity index (χ0n) is 14.2. The minimum absolute atomic E-state index is 0.127. The quantitative estimate of drug-likeness (QED) is 0.786. The van der Waals surface area contributed by atoms with E-state index < -0.39 is 0 Å². The van der Waals surface area contributed by atoms with Crippen molar-refractivity contribution in [1.29, 1.82) is 0 Å². The number of amides is 1. The van der Waals surface area contributed by atoms with Crippen LogP contribution in [0.2, 0.25) is 0 Å². The third-order valence-electron chi connectivity index (χ3n) is 4.59. The molecular formula is C20H24N2O. The van der Waals surface area contributed by atoms with Gasteiger partial charge in [-0.3, -0.25) is 4.79 Å². The molecule has 0 aliphatic carbocycles. The number of likely N-dealkylation sites (tertiary alicyclic amines) is 1.